The number of halogens is 1. The van der Waals surface area contributed by atoms with Crippen LogP contribution in [0.3, 0.4) is 0 Å². The van der Waals surface area contributed by atoms with E-state index in [1.807, 2.05) is 29.6 Å². The lowest BCUT2D eigenvalue weighted by Crippen LogP contribution is -1.89. The maximum absolute atomic E-state index is 9.42. The molecule has 4 aromatic rings. The van der Waals surface area contributed by atoms with Crippen LogP contribution < -0.4 is 0 Å². The molecule has 1 aromatic carbocycles. The third-order valence-electron chi connectivity index (χ3n) is 3.89. The molecule has 3 nitrogen and oxygen atoms in total. The van der Waals surface area contributed by atoms with Gasteiger partial charge in [0.05, 0.1) is 10.3 Å². The first-order valence-corrected chi connectivity index (χ1v) is 9.46. The van der Waals surface area contributed by atoms with Crippen molar-refractivity contribution in [2.45, 2.75) is 13.3 Å². The van der Waals surface area contributed by atoms with E-state index in [4.69, 9.17) is 16.6 Å². The summed E-state index contributed by atoms with van der Waals surface area (Å²) in [6, 6.07) is 11.3. The minimum atomic E-state index is 0.279. The lowest BCUT2D eigenvalue weighted by Gasteiger charge is -2.01. The van der Waals surface area contributed by atoms with Crippen LogP contribution in [-0.4, -0.2) is 15.1 Å². The molecule has 0 aliphatic carbocycles. The first-order chi connectivity index (χ1) is 11.6. The molecule has 24 heavy (non-hydrogen) atoms. The first kappa shape index (κ1) is 15.6. The summed E-state index contributed by atoms with van der Waals surface area (Å²) in [4.78, 5) is 12.3. The molecule has 3 heterocycles. The Morgan fingerprint density at radius 1 is 1.12 bits per heavy atom. The Morgan fingerprint density at radius 3 is 2.62 bits per heavy atom. The third-order valence-corrected chi connectivity index (χ3v) is 6.21. The fourth-order valence-electron chi connectivity index (χ4n) is 2.62. The Hall–Kier alpha value is -1.95. The van der Waals surface area contributed by atoms with E-state index in [9.17, 15) is 5.11 Å². The molecular weight excluding hydrogens is 360 g/mol. The molecule has 0 aliphatic rings. The fraction of sp³-hybridized carbons (Fsp3) is 0.111. The van der Waals surface area contributed by atoms with Crippen LogP contribution in [-0.2, 0) is 6.42 Å². The molecule has 0 saturated heterocycles. The van der Waals surface area contributed by atoms with Gasteiger partial charge in [-0.15, -0.1) is 22.7 Å². The highest BCUT2D eigenvalue weighted by Crippen LogP contribution is 2.36. The molecule has 0 saturated carbocycles. The maximum Gasteiger partial charge on any atom is 0.172 e. The van der Waals surface area contributed by atoms with Crippen molar-refractivity contribution in [2.75, 3.05) is 0 Å². The second-order valence-corrected chi connectivity index (χ2v) is 7.88. The molecular formula is C18H13ClN2OS2. The molecule has 120 valence electrons. The lowest BCUT2D eigenvalue weighted by atomic mass is 10.1. The number of aromatic nitrogens is 2. The summed E-state index contributed by atoms with van der Waals surface area (Å²) in [5.41, 5.74) is 2.27. The second-order valence-electron chi connectivity index (χ2n) is 5.49. The zero-order valence-corrected chi connectivity index (χ0v) is 15.2. The highest BCUT2D eigenvalue weighted by Gasteiger charge is 2.16. The van der Waals surface area contributed by atoms with Gasteiger partial charge in [-0.1, -0.05) is 29.8 Å². The zero-order chi connectivity index (χ0) is 16.7. The van der Waals surface area contributed by atoms with Crippen molar-refractivity contribution in [2.24, 2.45) is 0 Å². The number of rotatable bonds is 3. The van der Waals surface area contributed by atoms with Crippen molar-refractivity contribution < 1.29 is 5.11 Å². The number of nitrogens with zero attached hydrogens (tertiary/aromatic N) is 2. The number of aryl methyl sites for hydroxylation is 1. The quantitative estimate of drug-likeness (QED) is 0.471. The average molecular weight is 373 g/mol. The van der Waals surface area contributed by atoms with E-state index in [1.165, 1.54) is 4.88 Å². The van der Waals surface area contributed by atoms with Gasteiger partial charge < -0.3 is 5.11 Å². The van der Waals surface area contributed by atoms with Crippen LogP contribution >= 0.6 is 34.3 Å². The highest BCUT2D eigenvalue weighted by atomic mass is 35.5. The normalized spacial score (nSPS) is 11.2. The van der Waals surface area contributed by atoms with Crippen molar-refractivity contribution >= 4 is 44.5 Å². The summed E-state index contributed by atoms with van der Waals surface area (Å²) in [5, 5.41) is 12.9. The van der Waals surface area contributed by atoms with Gasteiger partial charge in [-0.2, -0.15) is 0 Å². The second kappa shape index (κ2) is 6.16. The molecule has 0 bridgehead atoms. The topological polar surface area (TPSA) is 46.0 Å². The fourth-order valence-corrected chi connectivity index (χ4v) is 4.86. The molecule has 0 spiro atoms. The Kier molecular flexibility index (Phi) is 4.00. The van der Waals surface area contributed by atoms with Gasteiger partial charge >= 0.3 is 0 Å². The summed E-state index contributed by atoms with van der Waals surface area (Å²) in [5.74, 6) is 0.959. The molecule has 4 rings (SSSR count). The standard InChI is InChI=1S/C18H13ClN2OS2/c1-10-14(9-11-4-6-12(22)7-5-11)24-18-15(10)16(19)20-17(21-18)13-3-2-8-23-13/h2-8,22H,9H2,1H3. The van der Waals surface area contributed by atoms with Crippen LogP contribution in [0.15, 0.2) is 41.8 Å². The third kappa shape index (κ3) is 2.79. The van der Waals surface area contributed by atoms with E-state index in [0.717, 1.165) is 32.6 Å². The number of benzene rings is 1. The molecule has 0 fully saturated rings. The van der Waals surface area contributed by atoms with E-state index >= 15 is 0 Å². The number of phenols is 1. The van der Waals surface area contributed by atoms with Gasteiger partial charge in [-0.3, -0.25) is 0 Å². The van der Waals surface area contributed by atoms with Gasteiger partial charge in [0, 0.05) is 11.3 Å². The number of thiophene rings is 2. The predicted molar refractivity (Wildman–Crippen MR) is 101 cm³/mol. The van der Waals surface area contributed by atoms with E-state index < -0.39 is 0 Å². The van der Waals surface area contributed by atoms with E-state index in [2.05, 4.69) is 11.9 Å². The van der Waals surface area contributed by atoms with E-state index in [0.29, 0.717) is 11.0 Å². The summed E-state index contributed by atoms with van der Waals surface area (Å²) < 4.78 is 0. The predicted octanol–water partition coefficient (Wildman–Crippen LogP) is 5.68. The Morgan fingerprint density at radius 2 is 1.92 bits per heavy atom. The van der Waals surface area contributed by atoms with Gasteiger partial charge in [0.15, 0.2) is 5.82 Å². The van der Waals surface area contributed by atoms with Crippen molar-refractivity contribution in [3.8, 4) is 16.5 Å². The molecule has 1 N–H and O–H groups in total. The van der Waals surface area contributed by atoms with Crippen molar-refractivity contribution in [1.82, 2.24) is 9.97 Å². The minimum Gasteiger partial charge on any atom is -0.508 e. The first-order valence-electron chi connectivity index (χ1n) is 7.39. The van der Waals surface area contributed by atoms with Crippen molar-refractivity contribution in [1.29, 1.82) is 0 Å². The van der Waals surface area contributed by atoms with E-state index in [-0.39, 0.29) is 5.75 Å². The SMILES string of the molecule is Cc1c(Cc2ccc(O)cc2)sc2nc(-c3cccs3)nc(Cl)c12. The molecule has 0 atom stereocenters. The summed E-state index contributed by atoms with van der Waals surface area (Å²) >= 11 is 9.71. The summed E-state index contributed by atoms with van der Waals surface area (Å²) in [7, 11) is 0. The molecule has 0 amide bonds. The number of aromatic hydroxyl groups is 1. The van der Waals surface area contributed by atoms with Crippen LogP contribution in [0.4, 0.5) is 0 Å². The van der Waals surface area contributed by atoms with E-state index in [1.54, 1.807) is 34.8 Å². The number of hydrogen-bond donors (Lipinski definition) is 1. The maximum atomic E-state index is 9.42. The van der Waals surface area contributed by atoms with Crippen LogP contribution in [0.5, 0.6) is 5.75 Å². The van der Waals surface area contributed by atoms with Crippen molar-refractivity contribution in [3.05, 3.63) is 62.9 Å². The van der Waals surface area contributed by atoms with Gasteiger partial charge in [0.25, 0.3) is 0 Å². The number of hydrogen-bond acceptors (Lipinski definition) is 5. The van der Waals surface area contributed by atoms with Gasteiger partial charge in [-0.05, 0) is 41.6 Å². The Balaban J connectivity index is 1.79. The van der Waals surface area contributed by atoms with Crippen LogP contribution in [0.1, 0.15) is 16.0 Å². The van der Waals surface area contributed by atoms with Crippen LogP contribution in [0.2, 0.25) is 5.15 Å². The van der Waals surface area contributed by atoms with Crippen molar-refractivity contribution in [3.63, 3.8) is 0 Å². The average Bonchev–Trinajstić information content (AvgIpc) is 3.19. The molecule has 6 heteroatoms. The summed E-state index contributed by atoms with van der Waals surface area (Å²) in [6.45, 7) is 2.06. The largest absolute Gasteiger partial charge is 0.508 e. The minimum absolute atomic E-state index is 0.279. The number of phenolic OH excluding ortho intramolecular Hbond substituents is 1. The Labute approximate surface area is 152 Å². The lowest BCUT2D eigenvalue weighted by molar-refractivity contribution is 0.475. The smallest absolute Gasteiger partial charge is 0.172 e. The van der Waals surface area contributed by atoms with Crippen LogP contribution in [0, 0.1) is 6.92 Å². The van der Waals surface area contributed by atoms with Crippen LogP contribution in [0.25, 0.3) is 20.9 Å². The summed E-state index contributed by atoms with van der Waals surface area (Å²) in [6.07, 6.45) is 0.789. The monoisotopic (exact) mass is 372 g/mol. The molecule has 0 radical (unpaired) electrons. The van der Waals surface area contributed by atoms with Gasteiger partial charge in [0.1, 0.15) is 15.7 Å². The molecule has 3 aromatic heterocycles. The van der Waals surface area contributed by atoms with Gasteiger partial charge in [0.2, 0.25) is 0 Å². The van der Waals surface area contributed by atoms with Gasteiger partial charge in [-0.25, -0.2) is 9.97 Å². The number of fused-ring (bicyclic) bond motifs is 1. The zero-order valence-electron chi connectivity index (χ0n) is 12.8. The highest BCUT2D eigenvalue weighted by molar-refractivity contribution is 7.19. The Bertz CT molecular complexity index is 1010. The molecule has 0 aliphatic heterocycles. The molecule has 0 unspecified atom stereocenters.